The average Bonchev–Trinajstić information content (AvgIpc) is 3.29. The molecule has 2 fully saturated rings. The van der Waals surface area contributed by atoms with Gasteiger partial charge in [-0.3, -0.25) is 14.4 Å². The van der Waals surface area contributed by atoms with Crippen LogP contribution in [0.5, 0.6) is 0 Å². The molecule has 3 aliphatic rings. The second kappa shape index (κ2) is 7.09. The summed E-state index contributed by atoms with van der Waals surface area (Å²) in [7, 11) is 0. The molecule has 3 aromatic carbocycles. The summed E-state index contributed by atoms with van der Waals surface area (Å²) in [4.78, 5) is 43.4. The maximum atomic E-state index is 14.2. The van der Waals surface area contributed by atoms with E-state index in [4.69, 9.17) is 0 Å². The van der Waals surface area contributed by atoms with Crippen LogP contribution in [0.2, 0.25) is 0 Å². The van der Waals surface area contributed by atoms with Crippen LogP contribution < -0.4 is 4.90 Å². The van der Waals surface area contributed by atoms with E-state index in [9.17, 15) is 14.4 Å². The SMILES string of the molecule is C[C@]12C(=O)[C@](C)(C(c3ccccc3)=C1c1ccccc1)[C@H]1C(=O)N(c3cccc(Br)c3)C(=O)[C@H]12. The number of imide groups is 1. The minimum absolute atomic E-state index is 0.0386. The van der Waals surface area contributed by atoms with Gasteiger partial charge in [0.25, 0.3) is 0 Å². The van der Waals surface area contributed by atoms with E-state index in [2.05, 4.69) is 15.9 Å². The Balaban J connectivity index is 1.63. The van der Waals surface area contributed by atoms with Crippen LogP contribution >= 0.6 is 15.9 Å². The maximum absolute atomic E-state index is 14.2. The molecule has 0 unspecified atom stereocenters. The van der Waals surface area contributed by atoms with E-state index in [1.807, 2.05) is 80.6 Å². The fourth-order valence-electron chi connectivity index (χ4n) is 6.68. The highest BCUT2D eigenvalue weighted by atomic mass is 79.9. The minimum Gasteiger partial charge on any atom is -0.298 e. The molecule has 5 heteroatoms. The number of hydrogen-bond donors (Lipinski definition) is 0. The zero-order valence-electron chi connectivity index (χ0n) is 18.8. The van der Waals surface area contributed by atoms with E-state index >= 15 is 0 Å². The molecular weight excluding hydrogens is 490 g/mol. The van der Waals surface area contributed by atoms with Crippen LogP contribution in [0.4, 0.5) is 5.69 Å². The molecule has 168 valence electrons. The number of amides is 2. The highest BCUT2D eigenvalue weighted by Crippen LogP contribution is 2.73. The molecule has 2 aliphatic carbocycles. The summed E-state index contributed by atoms with van der Waals surface area (Å²) in [5, 5.41) is 0. The number of hydrogen-bond acceptors (Lipinski definition) is 3. The van der Waals surface area contributed by atoms with Gasteiger partial charge in [-0.15, -0.1) is 0 Å². The average molecular weight is 512 g/mol. The van der Waals surface area contributed by atoms with Crippen LogP contribution in [0, 0.1) is 22.7 Å². The summed E-state index contributed by atoms with van der Waals surface area (Å²) in [6.45, 7) is 3.73. The van der Waals surface area contributed by atoms with Crippen LogP contribution in [-0.4, -0.2) is 17.6 Å². The lowest BCUT2D eigenvalue weighted by Crippen LogP contribution is -2.40. The van der Waals surface area contributed by atoms with Gasteiger partial charge in [-0.25, -0.2) is 4.90 Å². The Morgan fingerprint density at radius 1 is 0.676 bits per heavy atom. The number of Topliss-reactive ketones (excluding diaryl/α,β-unsaturated/α-hetero) is 1. The lowest BCUT2D eigenvalue weighted by molar-refractivity contribution is -0.133. The lowest BCUT2D eigenvalue weighted by atomic mass is 9.63. The molecule has 0 N–H and O–H groups in total. The lowest BCUT2D eigenvalue weighted by Gasteiger charge is -2.35. The van der Waals surface area contributed by atoms with Crippen LogP contribution in [0.3, 0.4) is 0 Å². The molecule has 4 nitrogen and oxygen atoms in total. The monoisotopic (exact) mass is 511 g/mol. The van der Waals surface area contributed by atoms with Gasteiger partial charge in [0.05, 0.1) is 28.4 Å². The van der Waals surface area contributed by atoms with Crippen molar-refractivity contribution in [2.75, 3.05) is 4.90 Å². The molecule has 34 heavy (non-hydrogen) atoms. The van der Waals surface area contributed by atoms with Crippen molar-refractivity contribution in [3.63, 3.8) is 0 Å². The van der Waals surface area contributed by atoms with Crippen molar-refractivity contribution in [2.45, 2.75) is 13.8 Å². The van der Waals surface area contributed by atoms with Gasteiger partial charge in [0, 0.05) is 4.47 Å². The van der Waals surface area contributed by atoms with Crippen LogP contribution in [0.1, 0.15) is 25.0 Å². The van der Waals surface area contributed by atoms with E-state index in [-0.39, 0.29) is 17.6 Å². The molecule has 0 aromatic heterocycles. The van der Waals surface area contributed by atoms with Crippen LogP contribution in [0.15, 0.2) is 89.4 Å². The number of fused-ring (bicyclic) bond motifs is 5. The molecule has 1 heterocycles. The third-order valence-corrected chi connectivity index (χ3v) is 8.47. The van der Waals surface area contributed by atoms with Gasteiger partial charge in [-0.05, 0) is 54.3 Å². The smallest absolute Gasteiger partial charge is 0.239 e. The number of anilines is 1. The van der Waals surface area contributed by atoms with Gasteiger partial charge in [0.15, 0.2) is 5.78 Å². The van der Waals surface area contributed by atoms with Crippen molar-refractivity contribution in [3.05, 3.63) is 101 Å². The molecule has 3 aromatic rings. The van der Waals surface area contributed by atoms with Crippen molar-refractivity contribution in [2.24, 2.45) is 22.7 Å². The Labute approximate surface area is 206 Å². The topological polar surface area (TPSA) is 54.5 Å². The molecule has 2 amide bonds. The summed E-state index contributed by atoms with van der Waals surface area (Å²) in [5.41, 5.74) is 1.90. The highest BCUT2D eigenvalue weighted by Gasteiger charge is 2.78. The normalized spacial score (nSPS) is 29.9. The quantitative estimate of drug-likeness (QED) is 0.419. The summed E-state index contributed by atoms with van der Waals surface area (Å²) in [6.07, 6.45) is 0. The predicted octanol–water partition coefficient (Wildman–Crippen LogP) is 5.77. The zero-order valence-corrected chi connectivity index (χ0v) is 20.4. The summed E-state index contributed by atoms with van der Waals surface area (Å²) >= 11 is 3.45. The van der Waals surface area contributed by atoms with E-state index in [1.54, 1.807) is 18.2 Å². The second-order valence-corrected chi connectivity index (χ2v) is 10.6. The maximum Gasteiger partial charge on any atom is 0.239 e. The number of carbonyl (C=O) groups excluding carboxylic acids is 3. The molecular formula is C29H22BrNO3. The van der Waals surface area contributed by atoms with Gasteiger partial charge in [0.2, 0.25) is 11.8 Å². The predicted molar refractivity (Wildman–Crippen MR) is 135 cm³/mol. The number of carbonyl (C=O) groups is 3. The number of benzene rings is 3. The van der Waals surface area contributed by atoms with E-state index in [0.29, 0.717) is 5.69 Å². The first-order valence-corrected chi connectivity index (χ1v) is 12.1. The summed E-state index contributed by atoms with van der Waals surface area (Å²) in [6, 6.07) is 26.8. The number of allylic oxidation sites excluding steroid dienone is 2. The Hall–Kier alpha value is -3.31. The number of ketones is 1. The molecule has 0 radical (unpaired) electrons. The van der Waals surface area contributed by atoms with Gasteiger partial charge in [-0.2, -0.15) is 0 Å². The standard InChI is InChI=1S/C29H22BrNO3/c1-28-21(17-10-5-3-6-11-17)22(18-12-7-4-8-13-18)29(2,27(28)34)24-23(28)25(32)31(26(24)33)20-15-9-14-19(30)16-20/h3-16,23-24H,1-2H3/t23-,24+,28-,29+. The van der Waals surface area contributed by atoms with Crippen molar-refractivity contribution in [1.29, 1.82) is 0 Å². The van der Waals surface area contributed by atoms with Crippen molar-refractivity contribution in [1.82, 2.24) is 0 Å². The molecule has 2 bridgehead atoms. The third kappa shape index (κ3) is 2.45. The first-order chi connectivity index (χ1) is 16.3. The molecule has 0 spiro atoms. The second-order valence-electron chi connectivity index (χ2n) is 9.66. The van der Waals surface area contributed by atoms with Crippen molar-refractivity contribution in [3.8, 4) is 0 Å². The zero-order chi connectivity index (χ0) is 23.8. The van der Waals surface area contributed by atoms with Crippen molar-refractivity contribution >= 4 is 50.4 Å². The number of rotatable bonds is 3. The summed E-state index contributed by atoms with van der Waals surface area (Å²) < 4.78 is 0.784. The largest absolute Gasteiger partial charge is 0.298 e. The van der Waals surface area contributed by atoms with Crippen molar-refractivity contribution < 1.29 is 14.4 Å². The van der Waals surface area contributed by atoms with Gasteiger partial charge in [-0.1, -0.05) is 82.7 Å². The van der Waals surface area contributed by atoms with E-state index in [0.717, 1.165) is 26.7 Å². The molecule has 1 saturated heterocycles. The van der Waals surface area contributed by atoms with E-state index < -0.39 is 22.7 Å². The highest BCUT2D eigenvalue weighted by molar-refractivity contribution is 9.10. The van der Waals surface area contributed by atoms with Crippen LogP contribution in [-0.2, 0) is 14.4 Å². The Morgan fingerprint density at radius 2 is 1.15 bits per heavy atom. The Bertz CT molecular complexity index is 1330. The van der Waals surface area contributed by atoms with E-state index in [1.165, 1.54) is 4.90 Å². The number of halogens is 1. The third-order valence-electron chi connectivity index (χ3n) is 7.97. The first-order valence-electron chi connectivity index (χ1n) is 11.4. The molecule has 6 rings (SSSR count). The Morgan fingerprint density at radius 3 is 1.59 bits per heavy atom. The number of nitrogens with zero attached hydrogens (tertiary/aromatic N) is 1. The molecule has 1 saturated carbocycles. The molecule has 4 atom stereocenters. The Kier molecular flexibility index (Phi) is 4.43. The van der Waals surface area contributed by atoms with Gasteiger partial charge < -0.3 is 0 Å². The fraction of sp³-hybridized carbons (Fsp3) is 0.207. The minimum atomic E-state index is -1.10. The fourth-order valence-corrected chi connectivity index (χ4v) is 7.07. The summed E-state index contributed by atoms with van der Waals surface area (Å²) in [5.74, 6) is -2.11. The first kappa shape index (κ1) is 21.2. The van der Waals surface area contributed by atoms with Gasteiger partial charge in [0.1, 0.15) is 0 Å². The van der Waals surface area contributed by atoms with Gasteiger partial charge >= 0.3 is 0 Å². The van der Waals surface area contributed by atoms with Crippen LogP contribution in [0.25, 0.3) is 11.1 Å². The molecule has 1 aliphatic heterocycles.